The number of thiol groups is 1. The van der Waals surface area contributed by atoms with Crippen LogP contribution in [0.15, 0.2) is 60.7 Å². The van der Waals surface area contributed by atoms with Gasteiger partial charge in [0.2, 0.25) is 0 Å². The molecule has 0 aliphatic heterocycles. The molecule has 0 aliphatic carbocycles. The Bertz CT molecular complexity index is 441. The molecule has 0 fully saturated rings. The lowest BCUT2D eigenvalue weighted by atomic mass is 10.0. The fourth-order valence-corrected chi connectivity index (χ4v) is 2.19. The molecular formula is C16H18OS. The van der Waals surface area contributed by atoms with Gasteiger partial charge in [-0.15, -0.1) is 0 Å². The molecule has 0 saturated heterocycles. The smallest absolute Gasteiger partial charge is 0.0717 e. The predicted octanol–water partition coefficient (Wildman–Crippen LogP) is 3.92. The van der Waals surface area contributed by atoms with Crippen molar-refractivity contribution < 1.29 is 4.74 Å². The monoisotopic (exact) mass is 258 g/mol. The summed E-state index contributed by atoms with van der Waals surface area (Å²) in [4.78, 5) is 0. The number of rotatable bonds is 6. The van der Waals surface area contributed by atoms with Gasteiger partial charge in [-0.2, -0.15) is 12.6 Å². The van der Waals surface area contributed by atoms with E-state index in [1.165, 1.54) is 11.1 Å². The first-order valence-corrected chi connectivity index (χ1v) is 6.81. The second-order valence-corrected chi connectivity index (χ2v) is 4.66. The Balaban J connectivity index is 1.85. The van der Waals surface area contributed by atoms with Crippen LogP contribution in [0, 0.1) is 0 Å². The number of hydrogen-bond acceptors (Lipinski definition) is 2. The molecule has 2 rings (SSSR count). The minimum Gasteiger partial charge on any atom is -0.376 e. The predicted molar refractivity (Wildman–Crippen MR) is 79.1 cm³/mol. The van der Waals surface area contributed by atoms with Gasteiger partial charge in [0.05, 0.1) is 13.2 Å². The Morgan fingerprint density at radius 2 is 1.50 bits per heavy atom. The highest BCUT2D eigenvalue weighted by atomic mass is 32.1. The standard InChI is InChI=1S/C16H18OS/c18-13-16(15-9-5-2-6-10-15)12-17-11-14-7-3-1-4-8-14/h1-10,16,18H,11-13H2. The lowest BCUT2D eigenvalue weighted by molar-refractivity contribution is 0.111. The van der Waals surface area contributed by atoms with Gasteiger partial charge in [-0.1, -0.05) is 60.7 Å². The van der Waals surface area contributed by atoms with Crippen molar-refractivity contribution in [3.63, 3.8) is 0 Å². The van der Waals surface area contributed by atoms with Gasteiger partial charge in [0.15, 0.2) is 0 Å². The van der Waals surface area contributed by atoms with Crippen LogP contribution >= 0.6 is 12.6 Å². The topological polar surface area (TPSA) is 9.23 Å². The van der Waals surface area contributed by atoms with Gasteiger partial charge >= 0.3 is 0 Å². The lowest BCUT2D eigenvalue weighted by Crippen LogP contribution is -2.09. The van der Waals surface area contributed by atoms with Crippen LogP contribution in [-0.4, -0.2) is 12.4 Å². The van der Waals surface area contributed by atoms with Crippen LogP contribution in [0.25, 0.3) is 0 Å². The fourth-order valence-electron chi connectivity index (χ4n) is 1.87. The Morgan fingerprint density at radius 1 is 0.889 bits per heavy atom. The molecule has 0 spiro atoms. The van der Waals surface area contributed by atoms with Crippen LogP contribution in [0.1, 0.15) is 17.0 Å². The van der Waals surface area contributed by atoms with E-state index in [1.54, 1.807) is 0 Å². The first-order valence-electron chi connectivity index (χ1n) is 6.17. The van der Waals surface area contributed by atoms with Crippen molar-refractivity contribution in [2.24, 2.45) is 0 Å². The number of ether oxygens (including phenoxy) is 1. The van der Waals surface area contributed by atoms with Crippen molar-refractivity contribution in [1.82, 2.24) is 0 Å². The number of hydrogen-bond donors (Lipinski definition) is 1. The average molecular weight is 258 g/mol. The summed E-state index contributed by atoms with van der Waals surface area (Å²) >= 11 is 4.41. The van der Waals surface area contributed by atoms with Crippen molar-refractivity contribution in [3.05, 3.63) is 71.8 Å². The second kappa shape index (κ2) is 7.24. The zero-order valence-corrected chi connectivity index (χ0v) is 11.2. The van der Waals surface area contributed by atoms with Gasteiger partial charge in [-0.05, 0) is 16.9 Å². The molecule has 1 atom stereocenters. The zero-order chi connectivity index (χ0) is 12.6. The van der Waals surface area contributed by atoms with Crippen LogP contribution in [0.2, 0.25) is 0 Å². The van der Waals surface area contributed by atoms with E-state index in [0.717, 1.165) is 5.75 Å². The molecule has 1 nitrogen and oxygen atoms in total. The maximum absolute atomic E-state index is 5.78. The highest BCUT2D eigenvalue weighted by Crippen LogP contribution is 2.17. The maximum atomic E-state index is 5.78. The maximum Gasteiger partial charge on any atom is 0.0717 e. The van der Waals surface area contributed by atoms with Crippen molar-refractivity contribution in [3.8, 4) is 0 Å². The third-order valence-corrected chi connectivity index (χ3v) is 3.36. The van der Waals surface area contributed by atoms with Crippen molar-refractivity contribution >= 4 is 12.6 Å². The summed E-state index contributed by atoms with van der Waals surface area (Å²) in [6.07, 6.45) is 0. The Morgan fingerprint density at radius 3 is 2.11 bits per heavy atom. The van der Waals surface area contributed by atoms with Crippen LogP contribution in [-0.2, 0) is 11.3 Å². The third kappa shape index (κ3) is 3.90. The minimum absolute atomic E-state index is 0.359. The van der Waals surface area contributed by atoms with Gasteiger partial charge < -0.3 is 4.74 Å². The van der Waals surface area contributed by atoms with Gasteiger partial charge in [0, 0.05) is 5.92 Å². The molecule has 0 saturated carbocycles. The summed E-state index contributed by atoms with van der Waals surface area (Å²) in [7, 11) is 0. The summed E-state index contributed by atoms with van der Waals surface area (Å²) in [6, 6.07) is 20.7. The molecule has 94 valence electrons. The third-order valence-electron chi connectivity index (χ3n) is 2.92. The van der Waals surface area contributed by atoms with E-state index in [9.17, 15) is 0 Å². The quantitative estimate of drug-likeness (QED) is 0.773. The highest BCUT2D eigenvalue weighted by molar-refractivity contribution is 7.80. The van der Waals surface area contributed by atoms with Gasteiger partial charge in [0.1, 0.15) is 0 Å². The van der Waals surface area contributed by atoms with Crippen LogP contribution < -0.4 is 0 Å². The molecule has 0 aromatic heterocycles. The van der Waals surface area contributed by atoms with Crippen molar-refractivity contribution in [2.75, 3.05) is 12.4 Å². The summed E-state index contributed by atoms with van der Waals surface area (Å²) in [5.74, 6) is 1.16. The van der Waals surface area contributed by atoms with Crippen LogP contribution in [0.5, 0.6) is 0 Å². The molecule has 2 aromatic carbocycles. The molecule has 0 bridgehead atoms. The van der Waals surface area contributed by atoms with E-state index in [1.807, 2.05) is 24.3 Å². The lowest BCUT2D eigenvalue weighted by Gasteiger charge is -2.15. The van der Waals surface area contributed by atoms with E-state index in [-0.39, 0.29) is 0 Å². The summed E-state index contributed by atoms with van der Waals surface area (Å²) in [6.45, 7) is 1.38. The van der Waals surface area contributed by atoms with Crippen LogP contribution in [0.4, 0.5) is 0 Å². The number of benzene rings is 2. The molecule has 0 aliphatic rings. The van der Waals surface area contributed by atoms with E-state index in [2.05, 4.69) is 49.0 Å². The van der Waals surface area contributed by atoms with E-state index >= 15 is 0 Å². The van der Waals surface area contributed by atoms with Gasteiger partial charge in [-0.3, -0.25) is 0 Å². The van der Waals surface area contributed by atoms with Crippen molar-refractivity contribution in [1.29, 1.82) is 0 Å². The molecule has 0 radical (unpaired) electrons. The Kier molecular flexibility index (Phi) is 5.31. The SMILES string of the molecule is SCC(COCc1ccccc1)c1ccccc1. The molecular weight excluding hydrogens is 240 g/mol. The molecule has 0 N–H and O–H groups in total. The fraction of sp³-hybridized carbons (Fsp3) is 0.250. The van der Waals surface area contributed by atoms with Crippen LogP contribution in [0.3, 0.4) is 0 Å². The molecule has 1 unspecified atom stereocenters. The largest absolute Gasteiger partial charge is 0.376 e. The minimum atomic E-state index is 0.359. The Labute approximate surface area is 114 Å². The highest BCUT2D eigenvalue weighted by Gasteiger charge is 2.09. The molecule has 2 heteroatoms. The first kappa shape index (κ1) is 13.2. The van der Waals surface area contributed by atoms with E-state index < -0.39 is 0 Å². The molecule has 18 heavy (non-hydrogen) atoms. The normalized spacial score (nSPS) is 12.3. The average Bonchev–Trinajstić information content (AvgIpc) is 2.46. The molecule has 0 amide bonds. The van der Waals surface area contributed by atoms with Gasteiger partial charge in [0.25, 0.3) is 0 Å². The Hall–Kier alpha value is -1.25. The molecule has 0 heterocycles. The summed E-state index contributed by atoms with van der Waals surface area (Å²) in [5.41, 5.74) is 2.50. The second-order valence-electron chi connectivity index (χ2n) is 4.29. The van der Waals surface area contributed by atoms with Gasteiger partial charge in [-0.25, -0.2) is 0 Å². The zero-order valence-electron chi connectivity index (χ0n) is 10.3. The summed E-state index contributed by atoms with van der Waals surface area (Å²) < 4.78 is 5.78. The molecule has 2 aromatic rings. The van der Waals surface area contributed by atoms with E-state index in [4.69, 9.17) is 4.74 Å². The first-order chi connectivity index (χ1) is 8.90. The summed E-state index contributed by atoms with van der Waals surface area (Å²) in [5, 5.41) is 0. The van der Waals surface area contributed by atoms with Crippen molar-refractivity contribution in [2.45, 2.75) is 12.5 Å². The van der Waals surface area contributed by atoms with E-state index in [0.29, 0.717) is 19.1 Å².